The zero-order valence-corrected chi connectivity index (χ0v) is 12.4. The van der Waals surface area contributed by atoms with Gasteiger partial charge < -0.3 is 10.2 Å². The van der Waals surface area contributed by atoms with Crippen LogP contribution in [0.4, 0.5) is 0 Å². The Bertz CT molecular complexity index is 428. The number of carboxylic acids is 2. The number of hydrogen-bond acceptors (Lipinski definition) is 4. The van der Waals surface area contributed by atoms with Crippen molar-refractivity contribution in [3.05, 3.63) is 0 Å². The van der Waals surface area contributed by atoms with Gasteiger partial charge in [0.2, 0.25) is 0 Å². The van der Waals surface area contributed by atoms with E-state index in [1.807, 2.05) is 0 Å². The van der Waals surface area contributed by atoms with Gasteiger partial charge in [-0.2, -0.15) is 0 Å². The van der Waals surface area contributed by atoms with Gasteiger partial charge in [-0.15, -0.1) is 0 Å². The summed E-state index contributed by atoms with van der Waals surface area (Å²) in [6, 6.07) is 0. The molecule has 0 aromatic heterocycles. The van der Waals surface area contributed by atoms with Crippen molar-refractivity contribution in [3.63, 3.8) is 0 Å². The van der Waals surface area contributed by atoms with Crippen LogP contribution in [0.3, 0.4) is 0 Å². The summed E-state index contributed by atoms with van der Waals surface area (Å²) in [6.45, 7) is 2.83. The van der Waals surface area contributed by atoms with Gasteiger partial charge in [-0.25, -0.2) is 8.42 Å². The Hall–Kier alpha value is -1.11. The van der Waals surface area contributed by atoms with E-state index in [1.165, 1.54) is 6.92 Å². The zero-order chi connectivity index (χ0) is 15.3. The topological polar surface area (TPSA) is 109 Å². The van der Waals surface area contributed by atoms with Gasteiger partial charge >= 0.3 is 11.9 Å². The summed E-state index contributed by atoms with van der Waals surface area (Å²) in [5, 5.41) is 17.6. The van der Waals surface area contributed by atoms with Crippen LogP contribution in [0, 0.1) is 5.92 Å². The van der Waals surface area contributed by atoms with Gasteiger partial charge in [-0.3, -0.25) is 9.59 Å². The Balaban J connectivity index is 4.50. The molecule has 19 heavy (non-hydrogen) atoms. The molecule has 0 amide bonds. The predicted octanol–water partition coefficient (Wildman–Crippen LogP) is 1.55. The minimum Gasteiger partial charge on any atom is -0.481 e. The number of aliphatic carboxylic acids is 2. The Morgan fingerprint density at radius 3 is 2.05 bits per heavy atom. The summed E-state index contributed by atoms with van der Waals surface area (Å²) in [4.78, 5) is 21.6. The lowest BCUT2D eigenvalue weighted by Gasteiger charge is -2.29. The molecule has 2 atom stereocenters. The molecule has 0 aromatic carbocycles. The second-order valence-electron chi connectivity index (χ2n) is 5.08. The molecule has 0 fully saturated rings. The fraction of sp³-hybridized carbons (Fsp3) is 0.833. The third kappa shape index (κ3) is 4.81. The van der Waals surface area contributed by atoms with Crippen LogP contribution in [0.25, 0.3) is 0 Å². The maximum Gasteiger partial charge on any atom is 0.325 e. The molecule has 7 heteroatoms. The highest BCUT2D eigenvalue weighted by Crippen LogP contribution is 2.30. The number of rotatable bonds is 9. The highest BCUT2D eigenvalue weighted by molar-refractivity contribution is 7.92. The Kier molecular flexibility index (Phi) is 6.48. The number of sulfone groups is 1. The van der Waals surface area contributed by atoms with E-state index in [-0.39, 0.29) is 6.42 Å². The van der Waals surface area contributed by atoms with Crippen molar-refractivity contribution >= 4 is 21.8 Å². The molecule has 0 saturated heterocycles. The largest absolute Gasteiger partial charge is 0.481 e. The SMILES string of the molecule is CC(CCCCCC(=O)O)C(C)(C(=O)O)S(C)(=O)=O. The molecule has 112 valence electrons. The summed E-state index contributed by atoms with van der Waals surface area (Å²) >= 11 is 0. The number of carbonyl (C=O) groups is 2. The first-order valence-electron chi connectivity index (χ1n) is 6.18. The van der Waals surface area contributed by atoms with Crippen LogP contribution >= 0.6 is 0 Å². The molecule has 0 spiro atoms. The first-order valence-corrected chi connectivity index (χ1v) is 8.07. The standard InChI is InChI=1S/C12H22O6S/c1-9(7-5-4-6-8-10(13)14)12(2,11(15)16)19(3,17)18/h9H,4-8H2,1-3H3,(H,13,14)(H,15,16). The van der Waals surface area contributed by atoms with Crippen molar-refractivity contribution in [2.45, 2.75) is 50.7 Å². The van der Waals surface area contributed by atoms with Gasteiger partial charge in [0, 0.05) is 12.7 Å². The molecule has 0 rings (SSSR count). The van der Waals surface area contributed by atoms with E-state index in [0.29, 0.717) is 25.7 Å². The maximum absolute atomic E-state index is 11.7. The van der Waals surface area contributed by atoms with Gasteiger partial charge in [-0.1, -0.05) is 19.8 Å². The Labute approximate surface area is 113 Å². The molecular formula is C12H22O6S. The summed E-state index contributed by atoms with van der Waals surface area (Å²) < 4.78 is 21.5. The molecule has 6 nitrogen and oxygen atoms in total. The van der Waals surface area contributed by atoms with Crippen LogP contribution < -0.4 is 0 Å². The number of carboxylic acid groups (broad SMARTS) is 2. The van der Waals surface area contributed by atoms with Gasteiger partial charge in [0.05, 0.1) is 0 Å². The van der Waals surface area contributed by atoms with E-state index in [2.05, 4.69) is 0 Å². The molecule has 0 heterocycles. The molecule has 0 saturated carbocycles. The molecule has 2 unspecified atom stereocenters. The average Bonchev–Trinajstić information content (AvgIpc) is 2.24. The quantitative estimate of drug-likeness (QED) is 0.624. The lowest BCUT2D eigenvalue weighted by Crippen LogP contribution is -2.48. The average molecular weight is 294 g/mol. The Morgan fingerprint density at radius 2 is 1.68 bits per heavy atom. The van der Waals surface area contributed by atoms with Crippen LogP contribution in [0.2, 0.25) is 0 Å². The van der Waals surface area contributed by atoms with Gasteiger partial charge in [0.1, 0.15) is 0 Å². The summed E-state index contributed by atoms with van der Waals surface area (Å²) in [5.41, 5.74) is 0. The van der Waals surface area contributed by atoms with E-state index >= 15 is 0 Å². The van der Waals surface area contributed by atoms with Crippen molar-refractivity contribution in [1.82, 2.24) is 0 Å². The molecule has 0 aromatic rings. The minimum absolute atomic E-state index is 0.0800. The third-order valence-electron chi connectivity index (χ3n) is 3.66. The molecule has 0 bridgehead atoms. The van der Waals surface area contributed by atoms with E-state index < -0.39 is 32.4 Å². The smallest absolute Gasteiger partial charge is 0.325 e. The van der Waals surface area contributed by atoms with Crippen LogP contribution in [0.5, 0.6) is 0 Å². The molecular weight excluding hydrogens is 272 g/mol. The normalized spacial score (nSPS) is 16.6. The molecule has 0 aliphatic carbocycles. The van der Waals surface area contributed by atoms with Crippen LogP contribution in [0.15, 0.2) is 0 Å². The zero-order valence-electron chi connectivity index (χ0n) is 11.5. The highest BCUT2D eigenvalue weighted by Gasteiger charge is 2.48. The first-order chi connectivity index (χ1) is 8.53. The van der Waals surface area contributed by atoms with Crippen LogP contribution in [0.1, 0.15) is 46.0 Å². The number of unbranched alkanes of at least 4 members (excludes halogenated alkanes) is 2. The third-order valence-corrected chi connectivity index (χ3v) is 5.78. The lowest BCUT2D eigenvalue weighted by atomic mass is 9.89. The van der Waals surface area contributed by atoms with Crippen LogP contribution in [-0.2, 0) is 19.4 Å². The Morgan fingerprint density at radius 1 is 1.16 bits per heavy atom. The monoisotopic (exact) mass is 294 g/mol. The fourth-order valence-corrected chi connectivity index (χ4v) is 3.08. The highest BCUT2D eigenvalue weighted by atomic mass is 32.2. The van der Waals surface area contributed by atoms with Crippen molar-refractivity contribution < 1.29 is 28.2 Å². The minimum atomic E-state index is -3.71. The lowest BCUT2D eigenvalue weighted by molar-refractivity contribution is -0.141. The second kappa shape index (κ2) is 6.88. The molecule has 0 aliphatic heterocycles. The van der Waals surface area contributed by atoms with Crippen molar-refractivity contribution in [1.29, 1.82) is 0 Å². The van der Waals surface area contributed by atoms with Gasteiger partial charge in [-0.05, 0) is 25.7 Å². The van der Waals surface area contributed by atoms with E-state index in [0.717, 1.165) is 6.26 Å². The van der Waals surface area contributed by atoms with E-state index in [9.17, 15) is 18.0 Å². The summed E-state index contributed by atoms with van der Waals surface area (Å²) in [6.07, 6.45) is 3.24. The summed E-state index contributed by atoms with van der Waals surface area (Å²) in [7, 11) is -3.71. The predicted molar refractivity (Wildman–Crippen MR) is 70.8 cm³/mol. The molecule has 2 N–H and O–H groups in total. The summed E-state index contributed by atoms with van der Waals surface area (Å²) in [5.74, 6) is -2.72. The molecule has 0 aliphatic rings. The first kappa shape index (κ1) is 17.9. The van der Waals surface area contributed by atoms with Crippen molar-refractivity contribution in [2.75, 3.05) is 6.26 Å². The van der Waals surface area contributed by atoms with Gasteiger partial charge in [0.25, 0.3) is 0 Å². The van der Waals surface area contributed by atoms with Crippen molar-refractivity contribution in [3.8, 4) is 0 Å². The molecule has 0 radical (unpaired) electrons. The van der Waals surface area contributed by atoms with Crippen LogP contribution in [-0.4, -0.2) is 41.6 Å². The maximum atomic E-state index is 11.7. The second-order valence-corrected chi connectivity index (χ2v) is 7.47. The van der Waals surface area contributed by atoms with E-state index in [1.54, 1.807) is 6.92 Å². The van der Waals surface area contributed by atoms with Crippen molar-refractivity contribution in [2.24, 2.45) is 5.92 Å². The van der Waals surface area contributed by atoms with Gasteiger partial charge in [0.15, 0.2) is 14.6 Å². The van der Waals surface area contributed by atoms with E-state index in [4.69, 9.17) is 10.2 Å². The number of hydrogen-bond donors (Lipinski definition) is 2. The fourth-order valence-electron chi connectivity index (χ4n) is 1.91.